The Morgan fingerprint density at radius 1 is 1.43 bits per heavy atom. The third-order valence-corrected chi connectivity index (χ3v) is 2.41. The zero-order chi connectivity index (χ0) is 15.4. The minimum absolute atomic E-state index is 0.138. The summed E-state index contributed by atoms with van der Waals surface area (Å²) in [5, 5.41) is 13.5. The molecule has 0 fully saturated rings. The number of halogens is 2. The summed E-state index contributed by atoms with van der Waals surface area (Å²) in [4.78, 5) is 21.5. The maximum Gasteiger partial charge on any atom is 0.328 e. The number of nitro benzene ring substituents is 1. The Kier molecular flexibility index (Phi) is 4.43. The smallest absolute Gasteiger partial charge is 0.328 e. The average molecular weight is 314 g/mol. The summed E-state index contributed by atoms with van der Waals surface area (Å²) < 4.78 is 18.2. The van der Waals surface area contributed by atoms with E-state index in [0.29, 0.717) is 6.54 Å². The van der Waals surface area contributed by atoms with Gasteiger partial charge in [0.05, 0.1) is 11.0 Å². The molecule has 2 aromatic rings. The molecule has 0 unspecified atom stereocenters. The van der Waals surface area contributed by atoms with E-state index < -0.39 is 16.4 Å². The van der Waals surface area contributed by atoms with E-state index in [0.717, 1.165) is 18.2 Å². The number of rotatable bonds is 5. The topological polar surface area (TPSA) is 103 Å². The van der Waals surface area contributed by atoms with Crippen LogP contribution in [0.4, 0.5) is 16.0 Å². The highest BCUT2D eigenvalue weighted by atomic mass is 35.5. The van der Waals surface area contributed by atoms with Crippen molar-refractivity contribution in [2.24, 2.45) is 0 Å². The lowest BCUT2D eigenvalue weighted by atomic mass is 10.3. The van der Waals surface area contributed by atoms with E-state index in [1.165, 1.54) is 0 Å². The van der Waals surface area contributed by atoms with Crippen LogP contribution in [0.15, 0.2) is 18.2 Å². The first-order valence-corrected chi connectivity index (χ1v) is 6.14. The van der Waals surface area contributed by atoms with Crippen molar-refractivity contribution >= 4 is 23.2 Å². The van der Waals surface area contributed by atoms with Gasteiger partial charge in [0.15, 0.2) is 0 Å². The molecule has 0 radical (unpaired) electrons. The molecule has 21 heavy (non-hydrogen) atoms. The molecule has 0 amide bonds. The second-order valence-corrected chi connectivity index (χ2v) is 4.05. The van der Waals surface area contributed by atoms with E-state index in [1.54, 1.807) is 0 Å². The van der Waals surface area contributed by atoms with E-state index in [4.69, 9.17) is 16.3 Å². The van der Waals surface area contributed by atoms with Crippen LogP contribution in [0.2, 0.25) is 5.28 Å². The second-order valence-electron chi connectivity index (χ2n) is 3.71. The zero-order valence-electron chi connectivity index (χ0n) is 10.7. The summed E-state index contributed by atoms with van der Waals surface area (Å²) in [6, 6.07) is 2.64. The van der Waals surface area contributed by atoms with Crippen LogP contribution in [0.5, 0.6) is 11.8 Å². The minimum atomic E-state index is -0.771. The molecule has 1 N–H and O–H groups in total. The van der Waals surface area contributed by atoms with Gasteiger partial charge in [-0.15, -0.1) is 0 Å². The number of nitrogens with one attached hydrogen (secondary N) is 1. The SMILES string of the molecule is CCNc1nc(Cl)nc(Oc2ccc(F)cc2[N+](=O)[O-])n1. The molecule has 0 bridgehead atoms. The van der Waals surface area contributed by atoms with Crippen LogP contribution in [0.3, 0.4) is 0 Å². The molecule has 8 nitrogen and oxygen atoms in total. The highest BCUT2D eigenvalue weighted by molar-refractivity contribution is 6.28. The van der Waals surface area contributed by atoms with Crippen LogP contribution < -0.4 is 10.1 Å². The van der Waals surface area contributed by atoms with Gasteiger partial charge >= 0.3 is 11.7 Å². The van der Waals surface area contributed by atoms with Gasteiger partial charge in [-0.2, -0.15) is 15.0 Å². The average Bonchev–Trinajstić information content (AvgIpc) is 2.40. The van der Waals surface area contributed by atoms with Gasteiger partial charge in [-0.05, 0) is 30.7 Å². The number of aromatic nitrogens is 3. The van der Waals surface area contributed by atoms with Crippen LogP contribution in [0.1, 0.15) is 6.92 Å². The molecule has 1 heterocycles. The fraction of sp³-hybridized carbons (Fsp3) is 0.182. The molecular weight excluding hydrogens is 305 g/mol. The Morgan fingerprint density at radius 2 is 2.19 bits per heavy atom. The first-order chi connectivity index (χ1) is 9.99. The van der Waals surface area contributed by atoms with E-state index in [-0.39, 0.29) is 23.0 Å². The molecule has 2 rings (SSSR count). The molecule has 1 aromatic heterocycles. The summed E-state index contributed by atoms with van der Waals surface area (Å²) in [6.45, 7) is 2.36. The third-order valence-electron chi connectivity index (χ3n) is 2.24. The van der Waals surface area contributed by atoms with E-state index >= 15 is 0 Å². The molecule has 0 spiro atoms. The summed E-state index contributed by atoms with van der Waals surface area (Å²) in [5.74, 6) is -0.792. The van der Waals surface area contributed by atoms with E-state index in [2.05, 4.69) is 20.3 Å². The molecule has 0 saturated carbocycles. The molecule has 0 aliphatic rings. The number of ether oxygens (including phenoxy) is 1. The predicted molar refractivity (Wildman–Crippen MR) is 72.1 cm³/mol. The number of hydrogen-bond acceptors (Lipinski definition) is 7. The van der Waals surface area contributed by atoms with E-state index in [9.17, 15) is 14.5 Å². The minimum Gasteiger partial charge on any atom is -0.417 e. The second kappa shape index (κ2) is 6.27. The highest BCUT2D eigenvalue weighted by Gasteiger charge is 2.18. The molecule has 0 aliphatic carbocycles. The van der Waals surface area contributed by atoms with Gasteiger partial charge in [0, 0.05) is 6.54 Å². The van der Waals surface area contributed by atoms with Crippen LogP contribution in [0.25, 0.3) is 0 Å². The van der Waals surface area contributed by atoms with Crippen LogP contribution >= 0.6 is 11.6 Å². The lowest BCUT2D eigenvalue weighted by Gasteiger charge is -2.06. The highest BCUT2D eigenvalue weighted by Crippen LogP contribution is 2.30. The Morgan fingerprint density at radius 3 is 2.86 bits per heavy atom. The number of nitrogens with zero attached hydrogens (tertiary/aromatic N) is 4. The van der Waals surface area contributed by atoms with Crippen molar-refractivity contribution in [2.75, 3.05) is 11.9 Å². The van der Waals surface area contributed by atoms with Gasteiger partial charge in [0.1, 0.15) is 5.82 Å². The van der Waals surface area contributed by atoms with Crippen molar-refractivity contribution in [1.82, 2.24) is 15.0 Å². The van der Waals surface area contributed by atoms with Gasteiger partial charge in [0.25, 0.3) is 0 Å². The Hall–Kier alpha value is -2.55. The Labute approximate surface area is 123 Å². The molecule has 0 atom stereocenters. The van der Waals surface area contributed by atoms with Crippen molar-refractivity contribution in [3.63, 3.8) is 0 Å². The molecule has 110 valence electrons. The number of nitro groups is 1. The fourth-order valence-electron chi connectivity index (χ4n) is 1.43. The fourth-order valence-corrected chi connectivity index (χ4v) is 1.58. The number of anilines is 1. The molecular formula is C11H9ClFN5O3. The quantitative estimate of drug-likeness (QED) is 0.668. The van der Waals surface area contributed by atoms with Crippen molar-refractivity contribution in [1.29, 1.82) is 0 Å². The maximum absolute atomic E-state index is 13.0. The lowest BCUT2D eigenvalue weighted by molar-refractivity contribution is -0.385. The summed E-state index contributed by atoms with van der Waals surface area (Å²) in [6.07, 6.45) is 0. The Balaban J connectivity index is 2.36. The van der Waals surface area contributed by atoms with Gasteiger partial charge in [-0.3, -0.25) is 10.1 Å². The Bertz CT molecular complexity index is 685. The van der Waals surface area contributed by atoms with Crippen molar-refractivity contribution in [3.05, 3.63) is 39.4 Å². The molecule has 10 heteroatoms. The number of benzene rings is 1. The third kappa shape index (κ3) is 3.72. The molecule has 0 aliphatic heterocycles. The van der Waals surface area contributed by atoms with Gasteiger partial charge in [0.2, 0.25) is 17.0 Å². The van der Waals surface area contributed by atoms with Gasteiger partial charge in [-0.25, -0.2) is 4.39 Å². The molecule has 0 saturated heterocycles. The van der Waals surface area contributed by atoms with Crippen LogP contribution in [0, 0.1) is 15.9 Å². The van der Waals surface area contributed by atoms with E-state index in [1.807, 2.05) is 6.92 Å². The standard InChI is InChI=1S/C11H9ClFN5O3/c1-2-14-10-15-9(12)16-11(17-10)21-8-4-3-6(13)5-7(8)18(19)20/h3-5H,2H2,1H3,(H,14,15,16,17). The van der Waals surface area contributed by atoms with Crippen LogP contribution in [-0.4, -0.2) is 26.4 Å². The monoisotopic (exact) mass is 313 g/mol. The van der Waals surface area contributed by atoms with Crippen molar-refractivity contribution in [3.8, 4) is 11.8 Å². The summed E-state index contributed by atoms with van der Waals surface area (Å²) in [7, 11) is 0. The van der Waals surface area contributed by atoms with Gasteiger partial charge < -0.3 is 10.1 Å². The first kappa shape index (κ1) is 14.9. The van der Waals surface area contributed by atoms with Crippen LogP contribution in [-0.2, 0) is 0 Å². The zero-order valence-corrected chi connectivity index (χ0v) is 11.5. The summed E-state index contributed by atoms with van der Waals surface area (Å²) >= 11 is 5.70. The van der Waals surface area contributed by atoms with Gasteiger partial charge in [-0.1, -0.05) is 0 Å². The largest absolute Gasteiger partial charge is 0.417 e. The lowest BCUT2D eigenvalue weighted by Crippen LogP contribution is -2.05. The normalized spacial score (nSPS) is 10.2. The predicted octanol–water partition coefficient (Wildman–Crippen LogP) is 2.80. The summed E-state index contributed by atoms with van der Waals surface area (Å²) in [5.41, 5.74) is -0.545. The van der Waals surface area contributed by atoms with Crippen molar-refractivity contribution < 1.29 is 14.1 Å². The molecule has 1 aromatic carbocycles. The number of hydrogen-bond donors (Lipinski definition) is 1. The van der Waals surface area contributed by atoms with Crippen molar-refractivity contribution in [2.45, 2.75) is 6.92 Å². The maximum atomic E-state index is 13.0. The first-order valence-electron chi connectivity index (χ1n) is 5.77.